The molecule has 0 bridgehead atoms. The Balaban J connectivity index is 1.28. The number of nitrogens with zero attached hydrogens (tertiary/aromatic N) is 1. The number of ether oxygens (including phenoxy) is 1. The Bertz CT molecular complexity index is 1040. The van der Waals surface area contributed by atoms with Crippen molar-refractivity contribution >= 4 is 5.91 Å². The smallest absolute Gasteiger partial charge is 0.224 e. The summed E-state index contributed by atoms with van der Waals surface area (Å²) in [4.78, 5) is 14.7. The first-order valence-corrected chi connectivity index (χ1v) is 10.3. The molecular weight excluding hydrogens is 398 g/mol. The van der Waals surface area contributed by atoms with Gasteiger partial charge in [-0.2, -0.15) is 0 Å². The van der Waals surface area contributed by atoms with Crippen molar-refractivity contribution in [3.05, 3.63) is 95.6 Å². The molecule has 0 radical (unpaired) electrons. The summed E-state index contributed by atoms with van der Waals surface area (Å²) in [5.41, 5.74) is 1.66. The molecule has 0 saturated carbocycles. The van der Waals surface area contributed by atoms with Gasteiger partial charge in [-0.15, -0.1) is 0 Å². The van der Waals surface area contributed by atoms with Crippen LogP contribution < -0.4 is 10.1 Å². The zero-order chi connectivity index (χ0) is 21.6. The Hall–Kier alpha value is -3.25. The zero-order valence-electron chi connectivity index (χ0n) is 17.1. The van der Waals surface area contributed by atoms with Crippen molar-refractivity contribution in [2.75, 3.05) is 13.1 Å². The number of carbonyl (C=O) groups is 1. The third-order valence-corrected chi connectivity index (χ3v) is 5.38. The summed E-state index contributed by atoms with van der Waals surface area (Å²) in [5, 5.41) is 2.83. The summed E-state index contributed by atoms with van der Waals surface area (Å²) in [7, 11) is 0. The summed E-state index contributed by atoms with van der Waals surface area (Å²) in [6.45, 7) is 2.41. The summed E-state index contributed by atoms with van der Waals surface area (Å²) in [6.07, 6.45) is 0.768. The second-order valence-corrected chi connectivity index (χ2v) is 7.75. The summed E-state index contributed by atoms with van der Waals surface area (Å²) in [5.74, 6) is -0.401. The highest BCUT2D eigenvalue weighted by Crippen LogP contribution is 2.24. The minimum Gasteiger partial charge on any atom is -0.457 e. The minimum absolute atomic E-state index is 0.0617. The van der Waals surface area contributed by atoms with Crippen LogP contribution in [0.15, 0.2) is 72.8 Å². The van der Waals surface area contributed by atoms with Crippen LogP contribution in [-0.4, -0.2) is 23.9 Å². The van der Waals surface area contributed by atoms with E-state index in [0.29, 0.717) is 12.1 Å². The average molecular weight is 422 g/mol. The maximum Gasteiger partial charge on any atom is 0.224 e. The first kappa shape index (κ1) is 21.0. The van der Waals surface area contributed by atoms with Gasteiger partial charge in [0.2, 0.25) is 5.91 Å². The summed E-state index contributed by atoms with van der Waals surface area (Å²) < 4.78 is 32.2. The molecule has 1 unspecified atom stereocenters. The highest BCUT2D eigenvalue weighted by molar-refractivity contribution is 5.79. The topological polar surface area (TPSA) is 41.6 Å². The van der Waals surface area contributed by atoms with Gasteiger partial charge < -0.3 is 10.1 Å². The molecule has 3 aromatic rings. The van der Waals surface area contributed by atoms with Crippen LogP contribution >= 0.6 is 0 Å². The van der Waals surface area contributed by atoms with Crippen LogP contribution in [-0.2, 0) is 17.9 Å². The maximum atomic E-state index is 13.3. The lowest BCUT2D eigenvalue weighted by atomic mass is 10.1. The SMILES string of the molecule is O=C(NCc1ccc(F)c(F)c1)C1CCN(Cc2cccc(Oc3ccccc3)c2)C1. The molecule has 160 valence electrons. The van der Waals surface area contributed by atoms with Gasteiger partial charge in [0.25, 0.3) is 0 Å². The number of para-hydroxylation sites is 1. The van der Waals surface area contributed by atoms with Gasteiger partial charge in [0.15, 0.2) is 11.6 Å². The molecule has 1 fully saturated rings. The number of likely N-dealkylation sites (tertiary alicyclic amines) is 1. The molecule has 3 aromatic carbocycles. The second-order valence-electron chi connectivity index (χ2n) is 7.75. The lowest BCUT2D eigenvalue weighted by molar-refractivity contribution is -0.124. The molecule has 0 spiro atoms. The van der Waals surface area contributed by atoms with Gasteiger partial charge in [-0.25, -0.2) is 8.78 Å². The Morgan fingerprint density at radius 3 is 2.55 bits per heavy atom. The van der Waals surface area contributed by atoms with E-state index in [-0.39, 0.29) is 18.4 Å². The number of carbonyl (C=O) groups excluding carboxylic acids is 1. The second kappa shape index (κ2) is 9.71. The van der Waals surface area contributed by atoms with Gasteiger partial charge in [-0.3, -0.25) is 9.69 Å². The maximum absolute atomic E-state index is 13.3. The number of hydrogen-bond donors (Lipinski definition) is 1. The number of rotatable bonds is 7. The lowest BCUT2D eigenvalue weighted by Crippen LogP contribution is -2.32. The Kier molecular flexibility index (Phi) is 6.57. The third kappa shape index (κ3) is 5.67. The number of nitrogens with one attached hydrogen (secondary N) is 1. The fourth-order valence-electron chi connectivity index (χ4n) is 3.76. The normalized spacial score (nSPS) is 16.3. The van der Waals surface area contributed by atoms with Gasteiger partial charge in [-0.05, 0) is 60.5 Å². The van der Waals surface area contributed by atoms with Gasteiger partial charge in [0, 0.05) is 19.6 Å². The van der Waals surface area contributed by atoms with Crippen molar-refractivity contribution in [3.8, 4) is 11.5 Å². The number of benzene rings is 3. The zero-order valence-corrected chi connectivity index (χ0v) is 17.1. The lowest BCUT2D eigenvalue weighted by Gasteiger charge is -2.17. The van der Waals surface area contributed by atoms with E-state index in [9.17, 15) is 13.6 Å². The standard InChI is InChI=1S/C25H24F2N2O2/c26-23-10-9-18(14-24(23)27)15-28-25(30)20-11-12-29(17-20)16-19-5-4-8-22(13-19)31-21-6-2-1-3-7-21/h1-10,13-14,20H,11-12,15-17H2,(H,28,30). The predicted molar refractivity (Wildman–Crippen MR) is 115 cm³/mol. The molecule has 1 aliphatic rings. The Morgan fingerprint density at radius 2 is 1.74 bits per heavy atom. The molecule has 4 rings (SSSR count). The quantitative estimate of drug-likeness (QED) is 0.589. The van der Waals surface area contributed by atoms with Gasteiger partial charge in [-0.1, -0.05) is 36.4 Å². The molecule has 1 atom stereocenters. The number of hydrogen-bond acceptors (Lipinski definition) is 3. The van der Waals surface area contributed by atoms with Crippen molar-refractivity contribution in [1.29, 1.82) is 0 Å². The van der Waals surface area contributed by atoms with Gasteiger partial charge >= 0.3 is 0 Å². The van der Waals surface area contributed by atoms with E-state index in [1.165, 1.54) is 6.07 Å². The third-order valence-electron chi connectivity index (χ3n) is 5.38. The fraction of sp³-hybridized carbons (Fsp3) is 0.240. The molecule has 31 heavy (non-hydrogen) atoms. The van der Waals surface area contributed by atoms with E-state index in [4.69, 9.17) is 4.74 Å². The largest absolute Gasteiger partial charge is 0.457 e. The van der Waals surface area contributed by atoms with Crippen molar-refractivity contribution < 1.29 is 18.3 Å². The monoisotopic (exact) mass is 422 g/mol. The summed E-state index contributed by atoms with van der Waals surface area (Å²) in [6, 6.07) is 21.3. The molecule has 4 nitrogen and oxygen atoms in total. The van der Waals surface area contributed by atoms with Crippen LogP contribution in [0.4, 0.5) is 8.78 Å². The highest BCUT2D eigenvalue weighted by Gasteiger charge is 2.28. The van der Waals surface area contributed by atoms with Gasteiger partial charge in [0.05, 0.1) is 5.92 Å². The Labute approximate surface area is 180 Å². The molecule has 1 saturated heterocycles. The van der Waals surface area contributed by atoms with Crippen molar-refractivity contribution in [2.45, 2.75) is 19.5 Å². The molecule has 6 heteroatoms. The van der Waals surface area contributed by atoms with E-state index in [1.54, 1.807) is 0 Å². The molecule has 1 heterocycles. The van der Waals surface area contributed by atoms with Crippen LogP contribution in [0.2, 0.25) is 0 Å². The first-order chi connectivity index (χ1) is 15.1. The molecule has 0 aromatic heterocycles. The van der Waals surface area contributed by atoms with Crippen LogP contribution in [0.25, 0.3) is 0 Å². The van der Waals surface area contributed by atoms with E-state index in [0.717, 1.165) is 48.7 Å². The number of amides is 1. The van der Waals surface area contributed by atoms with Crippen LogP contribution in [0, 0.1) is 17.6 Å². The number of halogens is 2. The van der Waals surface area contributed by atoms with Crippen molar-refractivity contribution in [1.82, 2.24) is 10.2 Å². The highest BCUT2D eigenvalue weighted by atomic mass is 19.2. The fourth-order valence-corrected chi connectivity index (χ4v) is 3.76. The van der Waals surface area contributed by atoms with E-state index in [2.05, 4.69) is 10.2 Å². The first-order valence-electron chi connectivity index (χ1n) is 10.3. The predicted octanol–water partition coefficient (Wildman–Crippen LogP) is 4.90. The van der Waals surface area contributed by atoms with E-state index < -0.39 is 11.6 Å². The minimum atomic E-state index is -0.905. The average Bonchev–Trinajstić information content (AvgIpc) is 3.24. The van der Waals surface area contributed by atoms with Crippen LogP contribution in [0.3, 0.4) is 0 Å². The van der Waals surface area contributed by atoms with Crippen LogP contribution in [0.1, 0.15) is 17.5 Å². The van der Waals surface area contributed by atoms with E-state index >= 15 is 0 Å². The molecule has 0 aliphatic carbocycles. The van der Waals surface area contributed by atoms with Crippen molar-refractivity contribution in [3.63, 3.8) is 0 Å². The van der Waals surface area contributed by atoms with Crippen molar-refractivity contribution in [2.24, 2.45) is 5.92 Å². The van der Waals surface area contributed by atoms with Gasteiger partial charge in [0.1, 0.15) is 11.5 Å². The summed E-state index contributed by atoms with van der Waals surface area (Å²) >= 11 is 0. The molecule has 1 N–H and O–H groups in total. The Morgan fingerprint density at radius 1 is 0.935 bits per heavy atom. The van der Waals surface area contributed by atoms with E-state index in [1.807, 2.05) is 54.6 Å². The molecular formula is C25H24F2N2O2. The molecule has 1 amide bonds. The van der Waals surface area contributed by atoms with Crippen LogP contribution in [0.5, 0.6) is 11.5 Å². The molecule has 1 aliphatic heterocycles.